The number of unbranched alkanes of at least 4 members (excludes halogenated alkanes) is 2. The quantitative estimate of drug-likeness (QED) is 0.548. The Morgan fingerprint density at radius 1 is 1.15 bits per heavy atom. The van der Waals surface area contributed by atoms with E-state index in [0.29, 0.717) is 34.9 Å². The minimum atomic E-state index is -0.623. The van der Waals surface area contributed by atoms with Crippen LogP contribution in [-0.4, -0.2) is 32.8 Å². The highest BCUT2D eigenvalue weighted by Gasteiger charge is 2.32. The maximum absolute atomic E-state index is 12.6. The highest BCUT2D eigenvalue weighted by Crippen LogP contribution is 2.34. The van der Waals surface area contributed by atoms with E-state index in [1.165, 1.54) is 7.11 Å². The topological polar surface area (TPSA) is 85.9 Å². The van der Waals surface area contributed by atoms with Crippen LogP contribution in [0.4, 0.5) is 4.79 Å². The standard InChI is InChI=1S/C19H26N2O5/c1-5-6-7-10-26-18(22)16-12(2)20-19(23)21-17(16)13-8-9-14(24-3)15(11-13)25-4/h8-9,11,17H,5-7,10H2,1-4H3,(H2,20,21,23). The molecule has 7 heteroatoms. The minimum absolute atomic E-state index is 0.357. The number of allylic oxidation sites excluding steroid dienone is 1. The van der Waals surface area contributed by atoms with Crippen LogP contribution in [0.5, 0.6) is 11.5 Å². The van der Waals surface area contributed by atoms with Crippen molar-refractivity contribution < 1.29 is 23.8 Å². The van der Waals surface area contributed by atoms with Gasteiger partial charge in [-0.2, -0.15) is 0 Å². The number of urea groups is 1. The molecule has 1 unspecified atom stereocenters. The van der Waals surface area contributed by atoms with Crippen LogP contribution in [0.2, 0.25) is 0 Å². The molecule has 26 heavy (non-hydrogen) atoms. The fourth-order valence-corrected chi connectivity index (χ4v) is 2.84. The summed E-state index contributed by atoms with van der Waals surface area (Å²) >= 11 is 0. The minimum Gasteiger partial charge on any atom is -0.493 e. The summed E-state index contributed by atoms with van der Waals surface area (Å²) in [5.74, 6) is 0.651. The van der Waals surface area contributed by atoms with Crippen LogP contribution in [0, 0.1) is 0 Å². The van der Waals surface area contributed by atoms with Crippen LogP contribution in [0.3, 0.4) is 0 Å². The van der Waals surface area contributed by atoms with Crippen LogP contribution in [0.15, 0.2) is 29.5 Å². The van der Waals surface area contributed by atoms with E-state index in [4.69, 9.17) is 14.2 Å². The smallest absolute Gasteiger partial charge is 0.338 e. The molecule has 2 rings (SSSR count). The van der Waals surface area contributed by atoms with Gasteiger partial charge in [0.25, 0.3) is 0 Å². The number of hydrogen-bond donors (Lipinski definition) is 2. The van der Waals surface area contributed by atoms with Gasteiger partial charge in [0.1, 0.15) is 0 Å². The van der Waals surface area contributed by atoms with E-state index in [0.717, 1.165) is 19.3 Å². The van der Waals surface area contributed by atoms with Crippen molar-refractivity contribution in [1.29, 1.82) is 0 Å². The van der Waals surface area contributed by atoms with Crippen LogP contribution in [0.1, 0.15) is 44.7 Å². The Hall–Kier alpha value is -2.70. The van der Waals surface area contributed by atoms with Gasteiger partial charge in [0.05, 0.1) is 32.4 Å². The number of esters is 1. The number of carbonyl (C=O) groups excluding carboxylic acids is 2. The molecular weight excluding hydrogens is 336 g/mol. The van der Waals surface area contributed by atoms with Gasteiger partial charge in [-0.3, -0.25) is 0 Å². The van der Waals surface area contributed by atoms with Gasteiger partial charge in [-0.15, -0.1) is 0 Å². The molecule has 0 radical (unpaired) electrons. The molecular formula is C19H26N2O5. The average Bonchev–Trinajstić information content (AvgIpc) is 2.63. The largest absolute Gasteiger partial charge is 0.493 e. The molecule has 0 aliphatic carbocycles. The molecule has 1 aliphatic heterocycles. The summed E-state index contributed by atoms with van der Waals surface area (Å²) in [5, 5.41) is 5.41. The molecule has 7 nitrogen and oxygen atoms in total. The van der Waals surface area contributed by atoms with E-state index >= 15 is 0 Å². The Morgan fingerprint density at radius 2 is 1.88 bits per heavy atom. The number of carbonyl (C=O) groups is 2. The molecule has 0 bridgehead atoms. The summed E-state index contributed by atoms with van der Waals surface area (Å²) in [6, 6.07) is 4.27. The number of rotatable bonds is 8. The number of amides is 2. The maximum atomic E-state index is 12.6. The Bertz CT molecular complexity index is 699. The van der Waals surface area contributed by atoms with Crippen LogP contribution in [0.25, 0.3) is 0 Å². The van der Waals surface area contributed by atoms with Crippen molar-refractivity contribution in [1.82, 2.24) is 10.6 Å². The maximum Gasteiger partial charge on any atom is 0.338 e. The average molecular weight is 362 g/mol. The van der Waals surface area contributed by atoms with E-state index in [1.807, 2.05) is 0 Å². The fraction of sp³-hybridized carbons (Fsp3) is 0.474. The van der Waals surface area contributed by atoms with Crippen molar-refractivity contribution >= 4 is 12.0 Å². The second kappa shape index (κ2) is 9.12. The molecule has 0 aromatic heterocycles. The Balaban J connectivity index is 2.30. The van der Waals surface area contributed by atoms with Crippen molar-refractivity contribution in [2.75, 3.05) is 20.8 Å². The summed E-state index contributed by atoms with van der Waals surface area (Å²) < 4.78 is 16.0. The zero-order chi connectivity index (χ0) is 19.1. The molecule has 0 saturated heterocycles. The summed E-state index contributed by atoms with van der Waals surface area (Å²) in [4.78, 5) is 24.6. The van der Waals surface area contributed by atoms with Gasteiger partial charge >= 0.3 is 12.0 Å². The van der Waals surface area contributed by atoms with Crippen molar-refractivity contribution in [2.45, 2.75) is 39.2 Å². The monoisotopic (exact) mass is 362 g/mol. The van der Waals surface area contributed by atoms with Crippen molar-refractivity contribution in [2.24, 2.45) is 0 Å². The summed E-state index contributed by atoms with van der Waals surface area (Å²) in [6.45, 7) is 4.13. The first kappa shape index (κ1) is 19.6. The SMILES string of the molecule is CCCCCOC(=O)C1=C(C)NC(=O)NC1c1ccc(OC)c(OC)c1. The molecule has 1 heterocycles. The summed E-state index contributed by atoms with van der Waals surface area (Å²) in [7, 11) is 3.08. The number of methoxy groups -OCH3 is 2. The molecule has 0 fully saturated rings. The zero-order valence-corrected chi connectivity index (χ0v) is 15.7. The third-order valence-electron chi connectivity index (χ3n) is 4.21. The van der Waals surface area contributed by atoms with Crippen molar-refractivity contribution in [3.05, 3.63) is 35.0 Å². The lowest BCUT2D eigenvalue weighted by atomic mass is 9.95. The molecule has 1 aliphatic rings. The van der Waals surface area contributed by atoms with E-state index in [9.17, 15) is 9.59 Å². The number of ether oxygens (including phenoxy) is 3. The highest BCUT2D eigenvalue weighted by atomic mass is 16.5. The first-order valence-electron chi connectivity index (χ1n) is 8.69. The molecule has 1 atom stereocenters. The summed E-state index contributed by atoms with van der Waals surface area (Å²) in [5.41, 5.74) is 1.57. The third kappa shape index (κ3) is 4.47. The van der Waals surface area contributed by atoms with Gasteiger partial charge in [0.2, 0.25) is 0 Å². The predicted molar refractivity (Wildman–Crippen MR) is 97.1 cm³/mol. The number of hydrogen-bond acceptors (Lipinski definition) is 5. The summed E-state index contributed by atoms with van der Waals surface area (Å²) in [6.07, 6.45) is 2.86. The predicted octanol–water partition coefficient (Wildman–Crippen LogP) is 3.07. The van der Waals surface area contributed by atoms with Gasteiger partial charge < -0.3 is 24.8 Å². The number of nitrogens with one attached hydrogen (secondary N) is 2. The van der Waals surface area contributed by atoms with Gasteiger partial charge in [-0.05, 0) is 31.0 Å². The van der Waals surface area contributed by atoms with Crippen LogP contribution >= 0.6 is 0 Å². The van der Waals surface area contributed by atoms with Crippen LogP contribution in [-0.2, 0) is 9.53 Å². The first-order chi connectivity index (χ1) is 12.5. The Morgan fingerprint density at radius 3 is 2.54 bits per heavy atom. The molecule has 1 aromatic carbocycles. The molecule has 1 aromatic rings. The van der Waals surface area contributed by atoms with Crippen molar-refractivity contribution in [3.63, 3.8) is 0 Å². The molecule has 0 spiro atoms. The first-order valence-corrected chi connectivity index (χ1v) is 8.69. The normalized spacial score (nSPS) is 16.6. The van der Waals surface area contributed by atoms with Gasteiger partial charge in [0, 0.05) is 5.70 Å². The van der Waals surface area contributed by atoms with E-state index in [1.54, 1.807) is 32.2 Å². The van der Waals surface area contributed by atoms with E-state index in [2.05, 4.69) is 17.6 Å². The lowest BCUT2D eigenvalue weighted by molar-refractivity contribution is -0.139. The highest BCUT2D eigenvalue weighted by molar-refractivity contribution is 5.95. The van der Waals surface area contributed by atoms with Gasteiger partial charge in [-0.25, -0.2) is 9.59 Å². The Kier molecular flexibility index (Phi) is 6.89. The molecule has 2 N–H and O–H groups in total. The van der Waals surface area contributed by atoms with Gasteiger partial charge in [-0.1, -0.05) is 25.8 Å². The van der Waals surface area contributed by atoms with Gasteiger partial charge in [0.15, 0.2) is 11.5 Å². The zero-order valence-electron chi connectivity index (χ0n) is 15.7. The second-order valence-corrected chi connectivity index (χ2v) is 6.03. The van der Waals surface area contributed by atoms with E-state index in [-0.39, 0.29) is 6.03 Å². The van der Waals surface area contributed by atoms with Crippen molar-refractivity contribution in [3.8, 4) is 11.5 Å². The molecule has 0 saturated carbocycles. The number of benzene rings is 1. The third-order valence-corrected chi connectivity index (χ3v) is 4.21. The molecule has 142 valence electrons. The second-order valence-electron chi connectivity index (χ2n) is 6.03. The lowest BCUT2D eigenvalue weighted by Crippen LogP contribution is -2.45. The fourth-order valence-electron chi connectivity index (χ4n) is 2.84. The Labute approximate surface area is 153 Å². The lowest BCUT2D eigenvalue weighted by Gasteiger charge is -2.28. The molecule has 2 amide bonds. The van der Waals surface area contributed by atoms with E-state index < -0.39 is 12.0 Å². The van der Waals surface area contributed by atoms with Crippen LogP contribution < -0.4 is 20.1 Å².